The van der Waals surface area contributed by atoms with E-state index in [2.05, 4.69) is 20.9 Å². The number of rotatable bonds is 4. The first-order chi connectivity index (χ1) is 9.47. The van der Waals surface area contributed by atoms with Crippen LogP contribution in [0.1, 0.15) is 31.0 Å². The molecule has 0 radical (unpaired) electrons. The maximum absolute atomic E-state index is 13.9. The summed E-state index contributed by atoms with van der Waals surface area (Å²) in [5.41, 5.74) is 7.26. The SMILES string of the molecule is CC(C)Oc1cncc(C(N)c2cc(Br)ccc2F)c1. The zero-order valence-electron chi connectivity index (χ0n) is 11.3. The van der Waals surface area contributed by atoms with E-state index in [1.54, 1.807) is 30.6 Å². The summed E-state index contributed by atoms with van der Waals surface area (Å²) in [6, 6.07) is 5.91. The van der Waals surface area contributed by atoms with E-state index in [9.17, 15) is 4.39 Å². The molecule has 2 aromatic rings. The van der Waals surface area contributed by atoms with Crippen molar-refractivity contribution in [2.75, 3.05) is 0 Å². The maximum atomic E-state index is 13.9. The largest absolute Gasteiger partial charge is 0.489 e. The second-order valence-electron chi connectivity index (χ2n) is 4.76. The van der Waals surface area contributed by atoms with Crippen molar-refractivity contribution in [2.45, 2.75) is 26.0 Å². The van der Waals surface area contributed by atoms with Gasteiger partial charge in [-0.3, -0.25) is 4.98 Å². The molecular formula is C15H16BrFN2O. The molecule has 0 saturated carbocycles. The summed E-state index contributed by atoms with van der Waals surface area (Å²) in [6.07, 6.45) is 3.29. The third kappa shape index (κ3) is 3.55. The number of hydrogen-bond acceptors (Lipinski definition) is 3. The second kappa shape index (κ2) is 6.33. The molecule has 2 N–H and O–H groups in total. The van der Waals surface area contributed by atoms with Crippen molar-refractivity contribution in [1.82, 2.24) is 4.98 Å². The molecule has 0 aliphatic carbocycles. The maximum Gasteiger partial charge on any atom is 0.138 e. The van der Waals surface area contributed by atoms with Crippen LogP contribution >= 0.6 is 15.9 Å². The van der Waals surface area contributed by atoms with Gasteiger partial charge in [0.25, 0.3) is 0 Å². The Hall–Kier alpha value is -1.46. The topological polar surface area (TPSA) is 48.1 Å². The molecule has 0 amide bonds. The monoisotopic (exact) mass is 338 g/mol. The molecule has 0 spiro atoms. The smallest absolute Gasteiger partial charge is 0.138 e. The quantitative estimate of drug-likeness (QED) is 0.921. The first kappa shape index (κ1) is 14.9. The number of ether oxygens (including phenoxy) is 1. The van der Waals surface area contributed by atoms with Crippen LogP contribution in [0.15, 0.2) is 41.1 Å². The molecule has 1 aromatic heterocycles. The molecule has 106 valence electrons. The molecule has 2 rings (SSSR count). The van der Waals surface area contributed by atoms with E-state index in [4.69, 9.17) is 10.5 Å². The minimum atomic E-state index is -0.587. The molecule has 1 heterocycles. The summed E-state index contributed by atoms with van der Waals surface area (Å²) in [5, 5.41) is 0. The Bertz CT molecular complexity index is 604. The second-order valence-corrected chi connectivity index (χ2v) is 5.68. The van der Waals surface area contributed by atoms with Crippen molar-refractivity contribution in [2.24, 2.45) is 5.73 Å². The van der Waals surface area contributed by atoms with E-state index in [0.717, 1.165) is 4.47 Å². The number of pyridine rings is 1. The van der Waals surface area contributed by atoms with Gasteiger partial charge in [0.15, 0.2) is 0 Å². The standard InChI is InChI=1S/C15H16BrFN2O/c1-9(2)20-12-5-10(7-19-8-12)15(18)13-6-11(16)3-4-14(13)17/h3-9,15H,18H2,1-2H3. The van der Waals surface area contributed by atoms with Crippen molar-refractivity contribution in [3.8, 4) is 5.75 Å². The summed E-state index contributed by atoms with van der Waals surface area (Å²) >= 11 is 3.32. The van der Waals surface area contributed by atoms with Gasteiger partial charge < -0.3 is 10.5 Å². The Kier molecular flexibility index (Phi) is 4.73. The molecule has 20 heavy (non-hydrogen) atoms. The molecule has 0 aliphatic heterocycles. The van der Waals surface area contributed by atoms with Crippen molar-refractivity contribution in [3.05, 3.63) is 58.1 Å². The predicted molar refractivity (Wildman–Crippen MR) is 80.1 cm³/mol. The average Bonchev–Trinajstić information content (AvgIpc) is 2.40. The first-order valence-corrected chi connectivity index (χ1v) is 7.09. The highest BCUT2D eigenvalue weighted by Gasteiger charge is 2.15. The van der Waals surface area contributed by atoms with Crippen LogP contribution in [0.2, 0.25) is 0 Å². The van der Waals surface area contributed by atoms with Crippen LogP contribution in [-0.2, 0) is 0 Å². The predicted octanol–water partition coefficient (Wildman–Crippen LogP) is 3.82. The molecule has 3 nitrogen and oxygen atoms in total. The van der Waals surface area contributed by atoms with Gasteiger partial charge in [0.05, 0.1) is 18.3 Å². The van der Waals surface area contributed by atoms with Gasteiger partial charge in [-0.25, -0.2) is 4.39 Å². The van der Waals surface area contributed by atoms with Gasteiger partial charge in [-0.1, -0.05) is 15.9 Å². The normalized spacial score (nSPS) is 12.5. The molecule has 5 heteroatoms. The lowest BCUT2D eigenvalue weighted by molar-refractivity contribution is 0.241. The Balaban J connectivity index is 2.33. The van der Waals surface area contributed by atoms with E-state index in [-0.39, 0.29) is 11.9 Å². The summed E-state index contributed by atoms with van der Waals surface area (Å²) in [7, 11) is 0. The number of aromatic nitrogens is 1. The number of hydrogen-bond donors (Lipinski definition) is 1. The van der Waals surface area contributed by atoms with Crippen LogP contribution in [0.4, 0.5) is 4.39 Å². The minimum Gasteiger partial charge on any atom is -0.489 e. The van der Waals surface area contributed by atoms with Gasteiger partial charge in [0, 0.05) is 16.2 Å². The Morgan fingerprint density at radius 1 is 1.25 bits per heavy atom. The van der Waals surface area contributed by atoms with E-state index in [1.807, 2.05) is 13.8 Å². The highest BCUT2D eigenvalue weighted by atomic mass is 79.9. The third-order valence-corrected chi connectivity index (χ3v) is 3.25. The van der Waals surface area contributed by atoms with Crippen molar-refractivity contribution >= 4 is 15.9 Å². The number of nitrogens with zero attached hydrogens (tertiary/aromatic N) is 1. The Labute approximate surface area is 126 Å². The van der Waals surface area contributed by atoms with Crippen LogP contribution in [0, 0.1) is 5.82 Å². The summed E-state index contributed by atoms with van der Waals surface area (Å²) in [6.45, 7) is 3.86. The van der Waals surface area contributed by atoms with E-state index >= 15 is 0 Å². The lowest BCUT2D eigenvalue weighted by atomic mass is 10.0. The van der Waals surface area contributed by atoms with Gasteiger partial charge >= 0.3 is 0 Å². The Morgan fingerprint density at radius 3 is 2.70 bits per heavy atom. The van der Waals surface area contributed by atoms with Crippen molar-refractivity contribution in [1.29, 1.82) is 0 Å². The number of halogens is 2. The van der Waals surface area contributed by atoms with Crippen LogP contribution in [0.25, 0.3) is 0 Å². The van der Waals surface area contributed by atoms with Gasteiger partial charge in [-0.05, 0) is 43.7 Å². The fourth-order valence-corrected chi connectivity index (χ4v) is 2.25. The van der Waals surface area contributed by atoms with E-state index < -0.39 is 6.04 Å². The summed E-state index contributed by atoms with van der Waals surface area (Å²) < 4.78 is 20.2. The van der Waals surface area contributed by atoms with Crippen molar-refractivity contribution in [3.63, 3.8) is 0 Å². The molecular weight excluding hydrogens is 323 g/mol. The molecule has 0 bridgehead atoms. The fraction of sp³-hybridized carbons (Fsp3) is 0.267. The van der Waals surface area contributed by atoms with E-state index in [1.165, 1.54) is 6.07 Å². The van der Waals surface area contributed by atoms with E-state index in [0.29, 0.717) is 16.9 Å². The number of nitrogens with two attached hydrogens (primary N) is 1. The molecule has 1 unspecified atom stereocenters. The van der Waals surface area contributed by atoms with Crippen LogP contribution < -0.4 is 10.5 Å². The first-order valence-electron chi connectivity index (χ1n) is 6.29. The fourth-order valence-electron chi connectivity index (χ4n) is 1.87. The highest BCUT2D eigenvalue weighted by Crippen LogP contribution is 2.26. The van der Waals surface area contributed by atoms with Crippen molar-refractivity contribution < 1.29 is 9.13 Å². The van der Waals surface area contributed by atoms with Gasteiger partial charge in [0.2, 0.25) is 0 Å². The molecule has 1 aromatic carbocycles. The van der Waals surface area contributed by atoms with Crippen LogP contribution in [0.3, 0.4) is 0 Å². The minimum absolute atomic E-state index is 0.0471. The zero-order chi connectivity index (χ0) is 14.7. The lowest BCUT2D eigenvalue weighted by Gasteiger charge is -2.15. The summed E-state index contributed by atoms with van der Waals surface area (Å²) in [5.74, 6) is 0.291. The molecule has 0 fully saturated rings. The molecule has 1 atom stereocenters. The average molecular weight is 339 g/mol. The zero-order valence-corrected chi connectivity index (χ0v) is 12.9. The van der Waals surface area contributed by atoms with Crippen LogP contribution in [-0.4, -0.2) is 11.1 Å². The molecule has 0 aliphatic rings. The molecule has 0 saturated heterocycles. The third-order valence-electron chi connectivity index (χ3n) is 2.76. The van der Waals surface area contributed by atoms with Crippen LogP contribution in [0.5, 0.6) is 5.75 Å². The lowest BCUT2D eigenvalue weighted by Crippen LogP contribution is -2.14. The van der Waals surface area contributed by atoms with Gasteiger partial charge in [-0.2, -0.15) is 0 Å². The highest BCUT2D eigenvalue weighted by molar-refractivity contribution is 9.10. The Morgan fingerprint density at radius 2 is 2.00 bits per heavy atom. The number of benzene rings is 1. The van der Waals surface area contributed by atoms with Gasteiger partial charge in [-0.15, -0.1) is 0 Å². The van der Waals surface area contributed by atoms with Gasteiger partial charge in [0.1, 0.15) is 11.6 Å². The summed E-state index contributed by atoms with van der Waals surface area (Å²) in [4.78, 5) is 4.10.